The van der Waals surface area contributed by atoms with Gasteiger partial charge in [-0.05, 0) is 0 Å². The molecular formula is C4HF10N. The second-order valence-electron chi connectivity index (χ2n) is 2.16. The van der Waals surface area contributed by atoms with Gasteiger partial charge in [0.2, 0.25) is 0 Å². The van der Waals surface area contributed by atoms with Crippen molar-refractivity contribution < 1.29 is 43.9 Å². The van der Waals surface area contributed by atoms with E-state index in [4.69, 9.17) is 0 Å². The molecular weight excluding hydrogens is 252 g/mol. The van der Waals surface area contributed by atoms with Crippen molar-refractivity contribution in [3.8, 4) is 0 Å². The first-order chi connectivity index (χ1) is 6.31. The molecule has 1 nitrogen and oxygen atoms in total. The van der Waals surface area contributed by atoms with Gasteiger partial charge in [0.05, 0.1) is 0 Å². The maximum Gasteiger partial charge on any atom is 0.472 e. The molecule has 0 rings (SSSR count). The van der Waals surface area contributed by atoms with Crippen molar-refractivity contribution >= 4 is 0 Å². The first-order valence-electron chi connectivity index (χ1n) is 2.91. The second kappa shape index (κ2) is 3.68. The van der Waals surface area contributed by atoms with Crippen LogP contribution < -0.4 is 0 Å². The highest BCUT2D eigenvalue weighted by Crippen LogP contribution is 2.43. The molecule has 92 valence electrons. The first-order valence-corrected chi connectivity index (χ1v) is 2.91. The summed E-state index contributed by atoms with van der Waals surface area (Å²) in [4.78, 5) is -3.45. The monoisotopic (exact) mass is 253 g/mol. The zero-order chi connectivity index (χ0) is 12.7. The van der Waals surface area contributed by atoms with Crippen molar-refractivity contribution in [3.05, 3.63) is 0 Å². The summed E-state index contributed by atoms with van der Waals surface area (Å²) in [5.41, 5.74) is 0. The van der Waals surface area contributed by atoms with Crippen molar-refractivity contribution in [1.29, 1.82) is 0 Å². The van der Waals surface area contributed by atoms with Gasteiger partial charge in [-0.25, -0.2) is 8.78 Å². The van der Waals surface area contributed by atoms with Crippen LogP contribution in [0.4, 0.5) is 43.9 Å². The van der Waals surface area contributed by atoms with Gasteiger partial charge in [-0.2, -0.15) is 35.1 Å². The van der Waals surface area contributed by atoms with Gasteiger partial charge in [-0.3, -0.25) is 0 Å². The smallest absolute Gasteiger partial charge is 0.202 e. The van der Waals surface area contributed by atoms with Crippen LogP contribution >= 0.6 is 0 Å². The average Bonchev–Trinajstić information content (AvgIpc) is 1.76. The number of alkyl halides is 10. The lowest BCUT2D eigenvalue weighted by atomic mass is 10.5. The van der Waals surface area contributed by atoms with Crippen LogP contribution in [0.2, 0.25) is 0 Å². The Hall–Kier alpha value is -0.740. The molecule has 0 amide bonds. The molecule has 0 atom stereocenters. The molecule has 0 aromatic heterocycles. The SMILES string of the molecule is FC(F)C(F)(F)N(C(F)(F)F)C(F)(F)F. The van der Waals surface area contributed by atoms with E-state index in [9.17, 15) is 43.9 Å². The van der Waals surface area contributed by atoms with Crippen LogP contribution in [-0.2, 0) is 0 Å². The van der Waals surface area contributed by atoms with Gasteiger partial charge in [0.25, 0.3) is 0 Å². The fourth-order valence-corrected chi connectivity index (χ4v) is 0.579. The Morgan fingerprint density at radius 3 is 1.00 bits per heavy atom. The second-order valence-corrected chi connectivity index (χ2v) is 2.16. The van der Waals surface area contributed by atoms with Crippen LogP contribution in [0, 0.1) is 0 Å². The average molecular weight is 253 g/mol. The molecule has 0 aliphatic rings. The van der Waals surface area contributed by atoms with E-state index in [1.807, 2.05) is 0 Å². The summed E-state index contributed by atoms with van der Waals surface area (Å²) in [6, 6.07) is -6.36. The fraction of sp³-hybridized carbons (Fsp3) is 1.00. The van der Waals surface area contributed by atoms with E-state index in [1.165, 1.54) is 0 Å². The van der Waals surface area contributed by atoms with E-state index in [2.05, 4.69) is 0 Å². The van der Waals surface area contributed by atoms with Crippen molar-refractivity contribution in [3.63, 3.8) is 0 Å². The molecule has 0 fully saturated rings. The molecule has 0 radical (unpaired) electrons. The summed E-state index contributed by atoms with van der Waals surface area (Å²) in [6.45, 7) is 0. The van der Waals surface area contributed by atoms with Gasteiger partial charge in [0, 0.05) is 0 Å². The first kappa shape index (κ1) is 14.3. The summed E-state index contributed by atoms with van der Waals surface area (Å²) < 4.78 is 115. The molecule has 0 saturated carbocycles. The Labute approximate surface area is 75.2 Å². The van der Waals surface area contributed by atoms with Gasteiger partial charge in [-0.1, -0.05) is 4.90 Å². The van der Waals surface area contributed by atoms with Crippen molar-refractivity contribution in [1.82, 2.24) is 4.90 Å². The molecule has 0 aliphatic carbocycles. The predicted octanol–water partition coefficient (Wildman–Crippen LogP) is 3.19. The molecule has 15 heavy (non-hydrogen) atoms. The zero-order valence-electron chi connectivity index (χ0n) is 6.30. The third-order valence-electron chi connectivity index (χ3n) is 1.07. The molecule has 0 aromatic rings. The third-order valence-corrected chi connectivity index (χ3v) is 1.07. The van der Waals surface area contributed by atoms with Gasteiger partial charge in [-0.15, -0.1) is 0 Å². The summed E-state index contributed by atoms with van der Waals surface area (Å²) >= 11 is 0. The van der Waals surface area contributed by atoms with E-state index in [-0.39, 0.29) is 0 Å². The van der Waals surface area contributed by atoms with Crippen LogP contribution in [0.1, 0.15) is 0 Å². The summed E-state index contributed by atoms with van der Waals surface area (Å²) in [5.74, 6) is 0. The Kier molecular flexibility index (Phi) is 3.50. The van der Waals surface area contributed by atoms with Crippen LogP contribution in [-0.4, -0.2) is 30.0 Å². The highest BCUT2D eigenvalue weighted by Gasteiger charge is 2.69. The largest absolute Gasteiger partial charge is 0.472 e. The van der Waals surface area contributed by atoms with Gasteiger partial charge in [0.1, 0.15) is 0 Å². The topological polar surface area (TPSA) is 3.24 Å². The number of halogens is 10. The van der Waals surface area contributed by atoms with Crippen LogP contribution in [0.5, 0.6) is 0 Å². The number of rotatable bonds is 2. The van der Waals surface area contributed by atoms with E-state index >= 15 is 0 Å². The summed E-state index contributed by atoms with van der Waals surface area (Å²) in [6.07, 6.45) is -18.4. The fourth-order valence-electron chi connectivity index (χ4n) is 0.579. The Balaban J connectivity index is 5.33. The predicted molar refractivity (Wildman–Crippen MR) is 24.9 cm³/mol. The maximum absolute atomic E-state index is 11.9. The number of nitrogens with zero attached hydrogens (tertiary/aromatic N) is 1. The Morgan fingerprint density at radius 1 is 0.667 bits per heavy atom. The van der Waals surface area contributed by atoms with E-state index in [1.54, 1.807) is 0 Å². The van der Waals surface area contributed by atoms with Crippen molar-refractivity contribution in [2.45, 2.75) is 25.1 Å². The number of hydrogen-bond acceptors (Lipinski definition) is 1. The quantitative estimate of drug-likeness (QED) is 0.539. The molecule has 0 aliphatic heterocycles. The minimum atomic E-state index is -6.65. The summed E-state index contributed by atoms with van der Waals surface area (Å²) in [5, 5.41) is 0. The van der Waals surface area contributed by atoms with Crippen LogP contribution in [0.15, 0.2) is 0 Å². The normalized spacial score (nSPS) is 15.2. The van der Waals surface area contributed by atoms with Crippen LogP contribution in [0.3, 0.4) is 0 Å². The van der Waals surface area contributed by atoms with E-state index in [0.717, 1.165) is 0 Å². The standard InChI is InChI=1S/C4HF10N/c5-1(6)2(7,8)15(3(9,10)11)4(12,13)14/h1H. The minimum Gasteiger partial charge on any atom is -0.202 e. The molecule has 11 heteroatoms. The maximum atomic E-state index is 11.9. The minimum absolute atomic E-state index is 3.45. The lowest BCUT2D eigenvalue weighted by molar-refractivity contribution is -0.454. The Morgan fingerprint density at radius 2 is 0.933 bits per heavy atom. The van der Waals surface area contributed by atoms with Gasteiger partial charge in [0.15, 0.2) is 0 Å². The van der Waals surface area contributed by atoms with E-state index in [0.29, 0.717) is 0 Å². The van der Waals surface area contributed by atoms with Crippen molar-refractivity contribution in [2.24, 2.45) is 0 Å². The highest BCUT2D eigenvalue weighted by atomic mass is 19.4. The zero-order valence-corrected chi connectivity index (χ0v) is 6.30. The molecule has 0 saturated heterocycles. The summed E-state index contributed by atoms with van der Waals surface area (Å²) in [7, 11) is 0. The molecule has 0 spiro atoms. The molecule has 0 N–H and O–H groups in total. The van der Waals surface area contributed by atoms with Gasteiger partial charge < -0.3 is 0 Å². The van der Waals surface area contributed by atoms with Crippen molar-refractivity contribution in [2.75, 3.05) is 0 Å². The Bertz CT molecular complexity index is 198. The lowest BCUT2D eigenvalue weighted by Gasteiger charge is -2.32. The lowest BCUT2D eigenvalue weighted by Crippen LogP contribution is -2.60. The van der Waals surface area contributed by atoms with Gasteiger partial charge >= 0.3 is 25.1 Å². The molecule has 0 heterocycles. The molecule has 0 unspecified atom stereocenters. The molecule has 0 bridgehead atoms. The van der Waals surface area contributed by atoms with Crippen LogP contribution in [0.25, 0.3) is 0 Å². The van der Waals surface area contributed by atoms with E-state index < -0.39 is 30.0 Å². The third kappa shape index (κ3) is 3.11. The molecule has 0 aromatic carbocycles. The highest BCUT2D eigenvalue weighted by molar-refractivity contribution is 4.76. The number of hydrogen-bond donors (Lipinski definition) is 0.